The van der Waals surface area contributed by atoms with Crippen molar-refractivity contribution in [2.45, 2.75) is 46.0 Å². The van der Waals surface area contributed by atoms with Crippen molar-refractivity contribution in [3.05, 3.63) is 12.2 Å². The minimum Gasteiger partial charge on any atom is -0.466 e. The van der Waals surface area contributed by atoms with Gasteiger partial charge in [-0.3, -0.25) is 4.79 Å². The van der Waals surface area contributed by atoms with E-state index in [4.69, 9.17) is 4.74 Å². The molecule has 0 saturated carbocycles. The number of hydrogen-bond donors (Lipinski definition) is 0. The molecule has 0 aliphatic heterocycles. The van der Waals surface area contributed by atoms with Gasteiger partial charge in [-0.2, -0.15) is 0 Å². The maximum Gasteiger partial charge on any atom is 0.306 e. The first-order valence-electron chi connectivity index (χ1n) is 5.11. The molecule has 0 aromatic carbocycles. The molecule has 0 rings (SSSR count). The lowest BCUT2D eigenvalue weighted by atomic mass is 10.3. The maximum absolute atomic E-state index is 11.0. The first-order valence-corrected chi connectivity index (χ1v) is 5.11. The Hall–Kier alpha value is -0.790. The third-order valence-corrected chi connectivity index (χ3v) is 1.68. The van der Waals surface area contributed by atoms with Crippen molar-refractivity contribution < 1.29 is 9.53 Å². The van der Waals surface area contributed by atoms with Crippen LogP contribution < -0.4 is 0 Å². The average Bonchev–Trinajstić information content (AvgIpc) is 2.13. The van der Waals surface area contributed by atoms with Crippen LogP contribution in [0.1, 0.15) is 46.0 Å². The lowest BCUT2D eigenvalue weighted by Crippen LogP contribution is -2.04. The van der Waals surface area contributed by atoms with Crippen LogP contribution in [0.2, 0.25) is 0 Å². The molecule has 0 fully saturated rings. The van der Waals surface area contributed by atoms with Crippen molar-refractivity contribution in [1.82, 2.24) is 0 Å². The second kappa shape index (κ2) is 9.30. The van der Waals surface area contributed by atoms with Crippen molar-refractivity contribution in [1.29, 1.82) is 0 Å². The lowest BCUT2D eigenvalue weighted by molar-refractivity contribution is -0.143. The summed E-state index contributed by atoms with van der Waals surface area (Å²) in [4.78, 5) is 11.0. The molecule has 0 amide bonds. The minimum absolute atomic E-state index is 0.0748. The number of allylic oxidation sites excluding steroid dienone is 2. The van der Waals surface area contributed by atoms with Gasteiger partial charge >= 0.3 is 5.97 Å². The predicted octanol–water partition coefficient (Wildman–Crippen LogP) is 3.08. The summed E-state index contributed by atoms with van der Waals surface area (Å²) in [6.45, 7) is 4.74. The van der Waals surface area contributed by atoms with E-state index in [2.05, 4.69) is 19.9 Å². The van der Waals surface area contributed by atoms with Gasteiger partial charge in [0.25, 0.3) is 0 Å². The number of rotatable bonds is 7. The van der Waals surface area contributed by atoms with Gasteiger partial charge in [0.1, 0.15) is 0 Å². The van der Waals surface area contributed by atoms with Crippen LogP contribution >= 0.6 is 0 Å². The molecule has 0 atom stereocenters. The van der Waals surface area contributed by atoms with E-state index < -0.39 is 0 Å². The maximum atomic E-state index is 11.0. The second-order valence-corrected chi connectivity index (χ2v) is 2.99. The Kier molecular flexibility index (Phi) is 8.73. The first kappa shape index (κ1) is 12.2. The Labute approximate surface area is 81.0 Å². The monoisotopic (exact) mass is 184 g/mol. The van der Waals surface area contributed by atoms with Crippen molar-refractivity contribution in [2.75, 3.05) is 6.61 Å². The fraction of sp³-hybridized carbons (Fsp3) is 0.727. The van der Waals surface area contributed by atoms with Gasteiger partial charge < -0.3 is 4.74 Å². The molecule has 0 heterocycles. The van der Waals surface area contributed by atoms with Crippen LogP contribution in [0.5, 0.6) is 0 Å². The van der Waals surface area contributed by atoms with Crippen LogP contribution in [-0.4, -0.2) is 12.6 Å². The third kappa shape index (κ3) is 9.12. The van der Waals surface area contributed by atoms with Gasteiger partial charge in [0.05, 0.1) is 6.61 Å². The third-order valence-electron chi connectivity index (χ3n) is 1.68. The molecule has 0 aromatic rings. The number of hydrogen-bond acceptors (Lipinski definition) is 2. The number of carbonyl (C=O) groups excluding carboxylic acids is 1. The molecule has 0 saturated heterocycles. The molecule has 76 valence electrons. The zero-order chi connectivity index (χ0) is 9.94. The van der Waals surface area contributed by atoms with Gasteiger partial charge in [-0.15, -0.1) is 0 Å². The SMILES string of the molecule is CCC=CCCC(=O)OCCCC. The minimum atomic E-state index is -0.0748. The fourth-order valence-electron chi connectivity index (χ4n) is 0.888. The summed E-state index contributed by atoms with van der Waals surface area (Å²) in [6.07, 6.45) is 8.49. The standard InChI is InChI=1S/C11H20O2/c1-3-5-7-8-9-11(12)13-10-6-4-2/h5,7H,3-4,6,8-10H2,1-2H3. The molecular weight excluding hydrogens is 164 g/mol. The van der Waals surface area contributed by atoms with Crippen LogP contribution in [0.4, 0.5) is 0 Å². The van der Waals surface area contributed by atoms with E-state index in [0.717, 1.165) is 25.7 Å². The van der Waals surface area contributed by atoms with Crippen molar-refractivity contribution in [3.8, 4) is 0 Å². The van der Waals surface area contributed by atoms with Gasteiger partial charge in [-0.25, -0.2) is 0 Å². The summed E-state index contributed by atoms with van der Waals surface area (Å²) in [5, 5.41) is 0. The molecule has 2 nitrogen and oxygen atoms in total. The summed E-state index contributed by atoms with van der Waals surface area (Å²) >= 11 is 0. The molecule has 0 spiro atoms. The Morgan fingerprint density at radius 1 is 1.31 bits per heavy atom. The molecule has 13 heavy (non-hydrogen) atoms. The molecular formula is C11H20O2. The summed E-state index contributed by atoms with van der Waals surface area (Å²) in [5.74, 6) is -0.0748. The Morgan fingerprint density at radius 2 is 2.08 bits per heavy atom. The van der Waals surface area contributed by atoms with Gasteiger partial charge in [0.2, 0.25) is 0 Å². The van der Waals surface area contributed by atoms with E-state index in [-0.39, 0.29) is 5.97 Å². The molecule has 0 radical (unpaired) electrons. The quantitative estimate of drug-likeness (QED) is 0.345. The van der Waals surface area contributed by atoms with Crippen LogP contribution in [0.3, 0.4) is 0 Å². The van der Waals surface area contributed by atoms with E-state index in [1.807, 2.05) is 6.08 Å². The molecule has 0 bridgehead atoms. The van der Waals surface area contributed by atoms with Crippen LogP contribution in [0.25, 0.3) is 0 Å². The number of unbranched alkanes of at least 4 members (excludes halogenated alkanes) is 1. The highest BCUT2D eigenvalue weighted by Gasteiger charge is 1.99. The van der Waals surface area contributed by atoms with E-state index in [1.165, 1.54) is 0 Å². The number of ether oxygens (including phenoxy) is 1. The average molecular weight is 184 g/mol. The second-order valence-electron chi connectivity index (χ2n) is 2.99. The lowest BCUT2D eigenvalue weighted by Gasteiger charge is -2.01. The predicted molar refractivity (Wildman–Crippen MR) is 54.5 cm³/mol. The largest absolute Gasteiger partial charge is 0.466 e. The van der Waals surface area contributed by atoms with Gasteiger partial charge in [0, 0.05) is 6.42 Å². The van der Waals surface area contributed by atoms with Gasteiger partial charge in [-0.1, -0.05) is 32.4 Å². The first-order chi connectivity index (χ1) is 6.31. The highest BCUT2D eigenvalue weighted by Crippen LogP contribution is 1.97. The van der Waals surface area contributed by atoms with Crippen molar-refractivity contribution in [3.63, 3.8) is 0 Å². The molecule has 0 N–H and O–H groups in total. The van der Waals surface area contributed by atoms with Gasteiger partial charge in [-0.05, 0) is 19.3 Å². The molecule has 2 heteroatoms. The van der Waals surface area contributed by atoms with Crippen LogP contribution in [-0.2, 0) is 9.53 Å². The summed E-state index contributed by atoms with van der Waals surface area (Å²) in [6, 6.07) is 0. The number of carbonyl (C=O) groups is 1. The van der Waals surface area contributed by atoms with E-state index in [1.54, 1.807) is 0 Å². The summed E-state index contributed by atoms with van der Waals surface area (Å²) < 4.78 is 4.99. The fourth-order valence-corrected chi connectivity index (χ4v) is 0.888. The van der Waals surface area contributed by atoms with Crippen LogP contribution in [0, 0.1) is 0 Å². The molecule has 0 aliphatic rings. The smallest absolute Gasteiger partial charge is 0.306 e. The van der Waals surface area contributed by atoms with E-state index in [0.29, 0.717) is 13.0 Å². The Bertz CT molecular complexity index is 150. The van der Waals surface area contributed by atoms with E-state index >= 15 is 0 Å². The normalized spacial score (nSPS) is 10.6. The highest BCUT2D eigenvalue weighted by atomic mass is 16.5. The number of esters is 1. The van der Waals surface area contributed by atoms with Gasteiger partial charge in [0.15, 0.2) is 0 Å². The Morgan fingerprint density at radius 3 is 2.69 bits per heavy atom. The van der Waals surface area contributed by atoms with E-state index in [9.17, 15) is 4.79 Å². The zero-order valence-corrected chi connectivity index (χ0v) is 8.71. The highest BCUT2D eigenvalue weighted by molar-refractivity contribution is 5.69. The molecule has 0 unspecified atom stereocenters. The van der Waals surface area contributed by atoms with Crippen molar-refractivity contribution >= 4 is 5.97 Å². The summed E-state index contributed by atoms with van der Waals surface area (Å²) in [7, 11) is 0. The zero-order valence-electron chi connectivity index (χ0n) is 8.71. The molecule has 0 aromatic heterocycles. The summed E-state index contributed by atoms with van der Waals surface area (Å²) in [5.41, 5.74) is 0. The van der Waals surface area contributed by atoms with Crippen molar-refractivity contribution in [2.24, 2.45) is 0 Å². The Balaban J connectivity index is 3.25. The topological polar surface area (TPSA) is 26.3 Å². The molecule has 0 aliphatic carbocycles. The van der Waals surface area contributed by atoms with Crippen LogP contribution in [0.15, 0.2) is 12.2 Å².